The Morgan fingerprint density at radius 3 is 1.85 bits per heavy atom. The summed E-state index contributed by atoms with van der Waals surface area (Å²) in [5, 5.41) is 6.46. The molecule has 0 atom stereocenters. The molecule has 0 radical (unpaired) electrons. The van der Waals surface area contributed by atoms with Crippen molar-refractivity contribution in [2.45, 2.75) is 12.8 Å². The maximum Gasteiger partial charge on any atom is 0.306 e. The number of hydrogen-bond donors (Lipinski definition) is 1. The Balaban J connectivity index is 2.40. The van der Waals surface area contributed by atoms with Gasteiger partial charge in [0.25, 0.3) is 0 Å². The third kappa shape index (κ3) is 5.54. The fraction of sp³-hybridized carbons (Fsp3) is 0.846. The Labute approximate surface area is 124 Å². The van der Waals surface area contributed by atoms with Crippen molar-refractivity contribution in [2.24, 2.45) is 5.14 Å². The van der Waals surface area contributed by atoms with Crippen molar-refractivity contribution < 1.29 is 19.1 Å². The zero-order chi connectivity index (χ0) is 15.2. The van der Waals surface area contributed by atoms with Gasteiger partial charge < -0.3 is 9.47 Å². The van der Waals surface area contributed by atoms with Gasteiger partial charge in [-0.15, -0.1) is 0 Å². The van der Waals surface area contributed by atoms with Crippen LogP contribution in [0.1, 0.15) is 12.8 Å². The van der Waals surface area contributed by atoms with E-state index in [9.17, 15) is 9.59 Å². The molecule has 0 spiro atoms. The lowest BCUT2D eigenvalue weighted by Gasteiger charge is -2.49. The summed E-state index contributed by atoms with van der Waals surface area (Å²) >= 11 is 0. The minimum Gasteiger partial charge on any atom is -0.469 e. The second-order valence-electron chi connectivity index (χ2n) is 5.47. The molecule has 5 nitrogen and oxygen atoms in total. The molecule has 120 valence electrons. The van der Waals surface area contributed by atoms with E-state index in [0.717, 1.165) is 34.5 Å². The Kier molecular flexibility index (Phi) is 6.68. The average molecular weight is 325 g/mol. The Hall–Kier alpha value is -0.400. The molecule has 0 bridgehead atoms. The lowest BCUT2D eigenvalue weighted by molar-refractivity contribution is -0.141. The maximum atomic E-state index is 11.3. The van der Waals surface area contributed by atoms with Crippen LogP contribution in [0.25, 0.3) is 0 Å². The van der Waals surface area contributed by atoms with Gasteiger partial charge in [0.2, 0.25) is 0 Å². The Morgan fingerprint density at radius 2 is 1.40 bits per heavy atom. The minimum absolute atomic E-state index is 0.124. The minimum atomic E-state index is -1.16. The van der Waals surface area contributed by atoms with Crippen LogP contribution in [0.5, 0.6) is 0 Å². The van der Waals surface area contributed by atoms with E-state index in [1.807, 2.05) is 0 Å². The van der Waals surface area contributed by atoms with Gasteiger partial charge in [0.15, 0.2) is 0 Å². The van der Waals surface area contributed by atoms with Crippen LogP contribution in [0.2, 0.25) is 0 Å². The normalized spacial score (nSPS) is 36.2. The molecule has 0 amide bonds. The van der Waals surface area contributed by atoms with Crippen LogP contribution >= 0.6 is 20.2 Å². The van der Waals surface area contributed by atoms with Gasteiger partial charge in [-0.25, -0.2) is 10.0 Å². The third-order valence-electron chi connectivity index (χ3n) is 3.93. The van der Waals surface area contributed by atoms with Gasteiger partial charge in [-0.05, 0) is 40.8 Å². The van der Waals surface area contributed by atoms with Crippen molar-refractivity contribution in [2.75, 3.05) is 55.0 Å². The second kappa shape index (κ2) is 7.56. The molecule has 0 aliphatic carbocycles. The quantitative estimate of drug-likeness (QED) is 0.743. The molecule has 0 saturated carbocycles. The highest BCUT2D eigenvalue weighted by Gasteiger charge is 2.32. The van der Waals surface area contributed by atoms with E-state index < -0.39 is 20.2 Å². The number of carbonyl (C=O) groups is 2. The molecule has 0 aromatic carbocycles. The molecular weight excluding hydrogens is 298 g/mol. The molecule has 7 heteroatoms. The summed E-state index contributed by atoms with van der Waals surface area (Å²) in [6, 6.07) is 0. The van der Waals surface area contributed by atoms with E-state index in [4.69, 9.17) is 9.88 Å². The van der Waals surface area contributed by atoms with Crippen LogP contribution < -0.4 is 5.14 Å². The topological polar surface area (TPSA) is 78.6 Å². The summed E-state index contributed by atoms with van der Waals surface area (Å²) in [4.78, 5) is 22.5. The molecule has 2 N–H and O–H groups in total. The Bertz CT molecular complexity index is 320. The number of rotatable bonds is 6. The molecule has 1 heterocycles. The highest BCUT2D eigenvalue weighted by Crippen LogP contribution is 2.56. The van der Waals surface area contributed by atoms with Gasteiger partial charge >= 0.3 is 11.9 Å². The van der Waals surface area contributed by atoms with Crippen molar-refractivity contribution in [3.63, 3.8) is 0 Å². The van der Waals surface area contributed by atoms with Crippen molar-refractivity contribution in [1.82, 2.24) is 0 Å². The summed E-state index contributed by atoms with van der Waals surface area (Å²) < 4.78 is 9.39. The fourth-order valence-corrected chi connectivity index (χ4v) is 10.5. The van der Waals surface area contributed by atoms with Gasteiger partial charge in [-0.1, -0.05) is 0 Å². The van der Waals surface area contributed by atoms with Gasteiger partial charge in [-0.2, -0.15) is 10.2 Å². The van der Waals surface area contributed by atoms with Gasteiger partial charge in [0, 0.05) is 0 Å². The van der Waals surface area contributed by atoms with E-state index in [1.165, 1.54) is 14.2 Å². The maximum absolute atomic E-state index is 11.3. The first-order valence-corrected chi connectivity index (χ1v) is 11.5. The van der Waals surface area contributed by atoms with Crippen LogP contribution in [0, 0.1) is 0 Å². The molecule has 1 fully saturated rings. The Morgan fingerprint density at radius 1 is 0.950 bits per heavy atom. The number of esters is 2. The number of ether oxygens (including phenoxy) is 2. The summed E-state index contributed by atoms with van der Waals surface area (Å²) in [6.45, 7) is 0. The molecule has 1 aliphatic rings. The predicted molar refractivity (Wildman–Crippen MR) is 87.8 cm³/mol. The van der Waals surface area contributed by atoms with E-state index in [-0.39, 0.29) is 11.9 Å². The molecule has 0 unspecified atom stereocenters. The molecule has 1 saturated heterocycles. The number of nitrogens with two attached hydrogens (primary N) is 1. The largest absolute Gasteiger partial charge is 0.469 e. The monoisotopic (exact) mass is 325 g/mol. The molecule has 1 rings (SSSR count). The van der Waals surface area contributed by atoms with Crippen LogP contribution in [-0.2, 0) is 19.1 Å². The third-order valence-corrected chi connectivity index (χ3v) is 11.1. The number of hydrogen-bond acceptors (Lipinski definition) is 5. The van der Waals surface area contributed by atoms with Crippen molar-refractivity contribution in [1.29, 1.82) is 0 Å². The van der Waals surface area contributed by atoms with Crippen LogP contribution in [0.3, 0.4) is 0 Å². The van der Waals surface area contributed by atoms with E-state index in [0.29, 0.717) is 12.8 Å². The van der Waals surface area contributed by atoms with Crippen LogP contribution in [0.4, 0.5) is 0 Å². The van der Waals surface area contributed by atoms with Crippen molar-refractivity contribution >= 4 is 32.2 Å². The van der Waals surface area contributed by atoms with E-state index >= 15 is 0 Å². The first-order valence-electron chi connectivity index (χ1n) is 6.72. The molecule has 1 aliphatic heterocycles. The first kappa shape index (κ1) is 17.7. The standard InChI is InChI=1S/C13H27NO4S2/c1-17-12(15)4-6-19(3)8-10-20(14,11-9-19)7-5-13(16)18-2/h4-11,14H2,1-3H3. The highest BCUT2D eigenvalue weighted by molar-refractivity contribution is 8.38. The van der Waals surface area contributed by atoms with E-state index in [1.54, 1.807) is 0 Å². The highest BCUT2D eigenvalue weighted by atomic mass is 32.3. The number of methoxy groups -OCH3 is 2. The van der Waals surface area contributed by atoms with E-state index in [2.05, 4.69) is 11.0 Å². The van der Waals surface area contributed by atoms with Gasteiger partial charge in [-0.3, -0.25) is 14.7 Å². The predicted octanol–water partition coefficient (Wildman–Crippen LogP) is 1.24. The lowest BCUT2D eigenvalue weighted by Crippen LogP contribution is -2.35. The van der Waals surface area contributed by atoms with Crippen LogP contribution in [-0.4, -0.2) is 66.9 Å². The van der Waals surface area contributed by atoms with Crippen molar-refractivity contribution in [3.8, 4) is 0 Å². The second-order valence-corrected chi connectivity index (χ2v) is 13.1. The molecule has 20 heavy (non-hydrogen) atoms. The fourth-order valence-electron chi connectivity index (χ4n) is 2.17. The molecular formula is C13H27NO4S2. The first-order chi connectivity index (χ1) is 9.32. The molecule has 0 aromatic heterocycles. The zero-order valence-electron chi connectivity index (χ0n) is 12.7. The van der Waals surface area contributed by atoms with Crippen LogP contribution in [0.15, 0.2) is 0 Å². The molecule has 0 aromatic rings. The van der Waals surface area contributed by atoms with Crippen molar-refractivity contribution in [3.05, 3.63) is 0 Å². The van der Waals surface area contributed by atoms with Gasteiger partial charge in [0.05, 0.1) is 27.1 Å². The number of carbonyl (C=O) groups excluding carboxylic acids is 2. The average Bonchev–Trinajstić information content (AvgIpc) is 2.46. The summed E-state index contributed by atoms with van der Waals surface area (Å²) in [5.74, 6) is 5.65. The summed E-state index contributed by atoms with van der Waals surface area (Å²) in [6.07, 6.45) is 3.24. The summed E-state index contributed by atoms with van der Waals surface area (Å²) in [7, 11) is 0.952. The summed E-state index contributed by atoms with van der Waals surface area (Å²) in [5.41, 5.74) is 0. The van der Waals surface area contributed by atoms with Gasteiger partial charge in [0.1, 0.15) is 0 Å². The SMILES string of the molecule is COC(=O)CCS1(C)CCS(N)(CCC(=O)OC)CC1. The lowest BCUT2D eigenvalue weighted by atomic mass is 10.5. The smallest absolute Gasteiger partial charge is 0.306 e. The zero-order valence-corrected chi connectivity index (χ0v) is 14.3.